The van der Waals surface area contributed by atoms with Crippen molar-refractivity contribution in [3.05, 3.63) is 95.5 Å². The minimum atomic E-state index is -0.346. The third-order valence-corrected chi connectivity index (χ3v) is 4.20. The van der Waals surface area contributed by atoms with E-state index < -0.39 is 0 Å². The molecule has 1 amide bonds. The second-order valence-corrected chi connectivity index (χ2v) is 6.55. The molecule has 4 nitrogen and oxygen atoms in total. The molecular formula is C22H17ClN2O2S. The number of hydrogen-bond acceptors (Lipinski definition) is 3. The highest BCUT2D eigenvalue weighted by Crippen LogP contribution is 2.22. The quantitative estimate of drug-likeness (QED) is 0.422. The Balaban J connectivity index is 1.51. The lowest BCUT2D eigenvalue weighted by Crippen LogP contribution is -2.32. The number of ether oxygens (including phenoxy) is 1. The molecule has 140 valence electrons. The number of thiocarbonyl (C=S) groups is 1. The van der Waals surface area contributed by atoms with Crippen LogP contribution in [0.3, 0.4) is 0 Å². The molecule has 0 fully saturated rings. The van der Waals surface area contributed by atoms with E-state index in [1.165, 1.54) is 6.08 Å². The van der Waals surface area contributed by atoms with Crippen LogP contribution in [0.15, 0.2) is 84.9 Å². The standard InChI is InChI=1S/C22H17ClN2O2S/c23-20-9-5-4-6-16(20)10-15-21(26)25-22(28)24-17-11-13-19(14-12-17)27-18-7-2-1-3-8-18/h1-15H,(H2,24,25,26,28). The van der Waals surface area contributed by atoms with Crippen LogP contribution in [0.2, 0.25) is 5.02 Å². The van der Waals surface area contributed by atoms with Crippen LogP contribution < -0.4 is 15.4 Å². The maximum absolute atomic E-state index is 12.0. The summed E-state index contributed by atoms with van der Waals surface area (Å²) >= 11 is 11.2. The van der Waals surface area contributed by atoms with E-state index in [4.69, 9.17) is 28.6 Å². The van der Waals surface area contributed by atoms with Gasteiger partial charge in [-0.25, -0.2) is 0 Å². The average Bonchev–Trinajstić information content (AvgIpc) is 2.69. The lowest BCUT2D eigenvalue weighted by atomic mass is 10.2. The van der Waals surface area contributed by atoms with Gasteiger partial charge in [0, 0.05) is 16.8 Å². The van der Waals surface area contributed by atoms with Gasteiger partial charge in [0.05, 0.1) is 0 Å². The number of amides is 1. The molecule has 6 heteroatoms. The number of carbonyl (C=O) groups excluding carboxylic acids is 1. The van der Waals surface area contributed by atoms with Crippen LogP contribution in [0, 0.1) is 0 Å². The number of rotatable bonds is 5. The lowest BCUT2D eigenvalue weighted by Gasteiger charge is -2.10. The summed E-state index contributed by atoms with van der Waals surface area (Å²) < 4.78 is 5.74. The van der Waals surface area contributed by atoms with Crippen molar-refractivity contribution >= 4 is 46.6 Å². The van der Waals surface area contributed by atoms with Gasteiger partial charge in [-0.05, 0) is 66.3 Å². The zero-order valence-corrected chi connectivity index (χ0v) is 16.3. The molecule has 0 atom stereocenters. The van der Waals surface area contributed by atoms with Gasteiger partial charge in [0.15, 0.2) is 5.11 Å². The summed E-state index contributed by atoms with van der Waals surface area (Å²) in [6.07, 6.45) is 3.02. The van der Waals surface area contributed by atoms with E-state index in [1.54, 1.807) is 12.1 Å². The summed E-state index contributed by atoms with van der Waals surface area (Å²) in [5, 5.41) is 6.32. The van der Waals surface area contributed by atoms with Crippen LogP contribution in [-0.2, 0) is 4.79 Å². The fourth-order valence-corrected chi connectivity index (χ4v) is 2.74. The molecule has 0 spiro atoms. The summed E-state index contributed by atoms with van der Waals surface area (Å²) in [6, 6.07) is 24.0. The molecular weight excluding hydrogens is 392 g/mol. The number of halogens is 1. The molecule has 0 aliphatic carbocycles. The van der Waals surface area contributed by atoms with Gasteiger partial charge < -0.3 is 10.1 Å². The predicted molar refractivity (Wildman–Crippen MR) is 118 cm³/mol. The molecule has 0 saturated heterocycles. The lowest BCUT2D eigenvalue weighted by molar-refractivity contribution is -0.115. The first-order chi connectivity index (χ1) is 13.6. The Bertz CT molecular complexity index is 989. The van der Waals surface area contributed by atoms with E-state index in [0.717, 1.165) is 17.0 Å². The smallest absolute Gasteiger partial charge is 0.250 e. The van der Waals surface area contributed by atoms with Crippen molar-refractivity contribution in [3.8, 4) is 11.5 Å². The molecule has 0 bridgehead atoms. The van der Waals surface area contributed by atoms with E-state index in [0.29, 0.717) is 10.8 Å². The minimum absolute atomic E-state index is 0.200. The number of carbonyl (C=O) groups is 1. The second-order valence-electron chi connectivity index (χ2n) is 5.74. The first-order valence-corrected chi connectivity index (χ1v) is 9.26. The topological polar surface area (TPSA) is 50.4 Å². The molecule has 0 aromatic heterocycles. The van der Waals surface area contributed by atoms with Crippen LogP contribution in [0.5, 0.6) is 11.5 Å². The monoisotopic (exact) mass is 408 g/mol. The molecule has 3 rings (SSSR count). The van der Waals surface area contributed by atoms with E-state index in [2.05, 4.69) is 10.6 Å². The average molecular weight is 409 g/mol. The van der Waals surface area contributed by atoms with E-state index in [-0.39, 0.29) is 11.0 Å². The summed E-state index contributed by atoms with van der Waals surface area (Å²) in [5.41, 5.74) is 1.49. The fraction of sp³-hybridized carbons (Fsp3) is 0. The highest BCUT2D eigenvalue weighted by atomic mass is 35.5. The van der Waals surface area contributed by atoms with Crippen molar-refractivity contribution in [2.75, 3.05) is 5.32 Å². The van der Waals surface area contributed by atoms with Gasteiger partial charge in [0.1, 0.15) is 11.5 Å². The minimum Gasteiger partial charge on any atom is -0.457 e. The normalized spacial score (nSPS) is 10.5. The highest BCUT2D eigenvalue weighted by molar-refractivity contribution is 7.80. The summed E-state index contributed by atoms with van der Waals surface area (Å²) in [4.78, 5) is 12.0. The van der Waals surface area contributed by atoms with Crippen LogP contribution in [-0.4, -0.2) is 11.0 Å². The molecule has 3 aromatic rings. The van der Waals surface area contributed by atoms with Crippen LogP contribution >= 0.6 is 23.8 Å². The molecule has 0 aliphatic rings. The Morgan fingerprint density at radius 1 is 0.893 bits per heavy atom. The number of nitrogens with one attached hydrogen (secondary N) is 2. The SMILES string of the molecule is O=C(C=Cc1ccccc1Cl)NC(=S)Nc1ccc(Oc2ccccc2)cc1. The Hall–Kier alpha value is -3.15. The predicted octanol–water partition coefficient (Wildman–Crippen LogP) is 5.66. The Morgan fingerprint density at radius 2 is 1.54 bits per heavy atom. The summed E-state index contributed by atoms with van der Waals surface area (Å²) in [7, 11) is 0. The van der Waals surface area contributed by atoms with Crippen molar-refractivity contribution in [3.63, 3.8) is 0 Å². The Kier molecular flexibility index (Phi) is 6.78. The van der Waals surface area contributed by atoms with E-state index in [1.807, 2.05) is 72.8 Å². The van der Waals surface area contributed by atoms with Gasteiger partial charge >= 0.3 is 0 Å². The zero-order chi connectivity index (χ0) is 19.8. The zero-order valence-electron chi connectivity index (χ0n) is 14.8. The van der Waals surface area contributed by atoms with Crippen molar-refractivity contribution in [1.82, 2.24) is 5.32 Å². The molecule has 0 aliphatic heterocycles. The molecule has 28 heavy (non-hydrogen) atoms. The van der Waals surface area contributed by atoms with Crippen molar-refractivity contribution in [2.24, 2.45) is 0 Å². The van der Waals surface area contributed by atoms with Gasteiger partial charge in [0.25, 0.3) is 0 Å². The first kappa shape index (κ1) is 19.6. The van der Waals surface area contributed by atoms with Gasteiger partial charge in [-0.2, -0.15) is 0 Å². The largest absolute Gasteiger partial charge is 0.457 e. The third-order valence-electron chi connectivity index (χ3n) is 3.65. The van der Waals surface area contributed by atoms with Crippen LogP contribution in [0.4, 0.5) is 5.69 Å². The number of para-hydroxylation sites is 1. The van der Waals surface area contributed by atoms with E-state index in [9.17, 15) is 4.79 Å². The van der Waals surface area contributed by atoms with Gasteiger partial charge in [-0.3, -0.25) is 10.1 Å². The third kappa shape index (κ3) is 5.94. The highest BCUT2D eigenvalue weighted by Gasteiger charge is 2.03. The van der Waals surface area contributed by atoms with Crippen molar-refractivity contribution in [2.45, 2.75) is 0 Å². The number of hydrogen-bond donors (Lipinski definition) is 2. The number of anilines is 1. The molecule has 0 radical (unpaired) electrons. The van der Waals surface area contributed by atoms with Gasteiger partial charge in [-0.15, -0.1) is 0 Å². The Labute approximate surface area is 173 Å². The van der Waals surface area contributed by atoms with E-state index >= 15 is 0 Å². The van der Waals surface area contributed by atoms with Gasteiger partial charge in [-0.1, -0.05) is 48.0 Å². The molecule has 0 saturated carbocycles. The molecule has 0 heterocycles. The first-order valence-electron chi connectivity index (χ1n) is 8.48. The molecule has 2 N–H and O–H groups in total. The summed E-state index contributed by atoms with van der Waals surface area (Å²) in [6.45, 7) is 0. The van der Waals surface area contributed by atoms with Crippen LogP contribution in [0.25, 0.3) is 6.08 Å². The fourth-order valence-electron chi connectivity index (χ4n) is 2.32. The maximum atomic E-state index is 12.0. The maximum Gasteiger partial charge on any atom is 0.250 e. The second kappa shape index (κ2) is 9.69. The van der Waals surface area contributed by atoms with Crippen molar-refractivity contribution < 1.29 is 9.53 Å². The van der Waals surface area contributed by atoms with Crippen LogP contribution in [0.1, 0.15) is 5.56 Å². The van der Waals surface area contributed by atoms with Crippen molar-refractivity contribution in [1.29, 1.82) is 0 Å². The van der Waals surface area contributed by atoms with Gasteiger partial charge in [0.2, 0.25) is 5.91 Å². The molecule has 3 aromatic carbocycles. The summed E-state index contributed by atoms with van der Waals surface area (Å²) in [5.74, 6) is 1.12. The molecule has 0 unspecified atom stereocenters. The Morgan fingerprint density at radius 3 is 2.25 bits per heavy atom. The number of benzene rings is 3.